The first-order chi connectivity index (χ1) is 14.2. The number of aromatic nitrogens is 3. The van der Waals surface area contributed by atoms with E-state index in [1.807, 2.05) is 73.9 Å². The third kappa shape index (κ3) is 2.93. The molecule has 5 heteroatoms. The highest BCUT2D eigenvalue weighted by Gasteiger charge is 2.12. The van der Waals surface area contributed by atoms with Gasteiger partial charge in [-0.05, 0) is 18.2 Å². The van der Waals surface area contributed by atoms with E-state index in [0.717, 1.165) is 22.0 Å². The average molecular weight is 378 g/mol. The van der Waals surface area contributed by atoms with Gasteiger partial charge in [0.2, 0.25) is 0 Å². The minimum atomic E-state index is -0.189. The van der Waals surface area contributed by atoms with Crippen molar-refractivity contribution in [1.29, 1.82) is 0 Å². The van der Waals surface area contributed by atoms with E-state index < -0.39 is 0 Å². The number of benzene rings is 3. The van der Waals surface area contributed by atoms with Gasteiger partial charge in [-0.2, -0.15) is 9.78 Å². The number of rotatable bonds is 3. The van der Waals surface area contributed by atoms with Gasteiger partial charge in [0, 0.05) is 35.3 Å². The van der Waals surface area contributed by atoms with Crippen LogP contribution in [0, 0.1) is 0 Å². The number of para-hydroxylation sites is 2. The van der Waals surface area contributed by atoms with Gasteiger partial charge in [0.1, 0.15) is 0 Å². The molecule has 3 aromatic carbocycles. The summed E-state index contributed by atoms with van der Waals surface area (Å²) < 4.78 is 3.44. The number of nitrogens with zero attached hydrogens (tertiary/aromatic N) is 4. The number of hydrogen-bond donors (Lipinski definition) is 0. The van der Waals surface area contributed by atoms with Gasteiger partial charge in [0.25, 0.3) is 5.56 Å². The van der Waals surface area contributed by atoms with Crippen LogP contribution in [0.3, 0.4) is 0 Å². The van der Waals surface area contributed by atoms with E-state index in [1.165, 1.54) is 4.68 Å². The summed E-state index contributed by atoms with van der Waals surface area (Å²) in [5.74, 6) is 0.519. The molecule has 0 unspecified atom stereocenters. The van der Waals surface area contributed by atoms with Crippen LogP contribution in [0.2, 0.25) is 0 Å². The normalized spacial score (nSPS) is 11.6. The Balaban J connectivity index is 1.74. The molecule has 0 aliphatic heterocycles. The van der Waals surface area contributed by atoms with Crippen molar-refractivity contribution in [3.63, 3.8) is 0 Å². The Bertz CT molecular complexity index is 1430. The van der Waals surface area contributed by atoms with Gasteiger partial charge in [-0.15, -0.1) is 0 Å². The van der Waals surface area contributed by atoms with Crippen molar-refractivity contribution >= 4 is 28.0 Å². The fourth-order valence-electron chi connectivity index (χ4n) is 3.60. The zero-order chi connectivity index (χ0) is 19.8. The van der Waals surface area contributed by atoms with Crippen molar-refractivity contribution in [3.05, 3.63) is 101 Å². The van der Waals surface area contributed by atoms with E-state index in [4.69, 9.17) is 4.98 Å². The Labute approximate surface area is 167 Å². The van der Waals surface area contributed by atoms with Gasteiger partial charge in [-0.25, -0.2) is 4.98 Å². The predicted octanol–water partition coefficient (Wildman–Crippen LogP) is 4.44. The van der Waals surface area contributed by atoms with Crippen LogP contribution in [0.5, 0.6) is 0 Å². The predicted molar refractivity (Wildman–Crippen MR) is 117 cm³/mol. The Morgan fingerprint density at radius 3 is 2.38 bits per heavy atom. The largest absolute Gasteiger partial charge is 0.350 e. The van der Waals surface area contributed by atoms with Crippen molar-refractivity contribution in [2.75, 3.05) is 0 Å². The van der Waals surface area contributed by atoms with Gasteiger partial charge >= 0.3 is 0 Å². The molecule has 0 bridgehead atoms. The summed E-state index contributed by atoms with van der Waals surface area (Å²) in [6.07, 6.45) is 3.74. The number of fused-ring (bicyclic) bond motifs is 2. The van der Waals surface area contributed by atoms with Gasteiger partial charge in [-0.1, -0.05) is 60.7 Å². The highest BCUT2D eigenvalue weighted by Crippen LogP contribution is 2.20. The van der Waals surface area contributed by atoms with Crippen molar-refractivity contribution < 1.29 is 0 Å². The van der Waals surface area contributed by atoms with E-state index in [2.05, 4.69) is 21.8 Å². The second-order valence-corrected chi connectivity index (χ2v) is 6.89. The lowest BCUT2D eigenvalue weighted by atomic mass is 10.2. The summed E-state index contributed by atoms with van der Waals surface area (Å²) in [6, 6.07) is 25.1. The summed E-state index contributed by atoms with van der Waals surface area (Å²) >= 11 is 0. The van der Waals surface area contributed by atoms with Crippen LogP contribution < -0.4 is 5.56 Å². The second kappa shape index (κ2) is 6.87. The van der Waals surface area contributed by atoms with Crippen LogP contribution >= 0.6 is 0 Å². The molecule has 0 spiro atoms. The van der Waals surface area contributed by atoms with Crippen LogP contribution in [0.25, 0.3) is 33.2 Å². The zero-order valence-corrected chi connectivity index (χ0v) is 15.9. The number of aryl methyl sites for hydroxylation is 1. The molecule has 5 aromatic rings. The summed E-state index contributed by atoms with van der Waals surface area (Å²) in [5.41, 5.74) is 3.37. The van der Waals surface area contributed by atoms with Gasteiger partial charge < -0.3 is 4.57 Å². The highest BCUT2D eigenvalue weighted by molar-refractivity contribution is 5.99. The fraction of sp³-hybridized carbons (Fsp3) is 0.0417. The maximum absolute atomic E-state index is 13.2. The van der Waals surface area contributed by atoms with E-state index in [0.29, 0.717) is 16.7 Å². The molecule has 0 N–H and O–H groups in total. The van der Waals surface area contributed by atoms with Crippen LogP contribution in [0.15, 0.2) is 95.0 Å². The molecule has 0 aliphatic carbocycles. The van der Waals surface area contributed by atoms with Crippen LogP contribution in [-0.2, 0) is 7.05 Å². The summed E-state index contributed by atoms with van der Waals surface area (Å²) in [5, 5.41) is 6.20. The molecule has 0 atom stereocenters. The molecular formula is C24H18N4O. The van der Waals surface area contributed by atoms with Crippen molar-refractivity contribution in [1.82, 2.24) is 14.2 Å². The molecule has 0 aliphatic rings. The SMILES string of the molecule is Cn1cc(/C=N/n2c(-c3ccccc3)nc3ccccc3c2=O)c2ccccc21. The highest BCUT2D eigenvalue weighted by atomic mass is 16.1. The average Bonchev–Trinajstić information content (AvgIpc) is 3.09. The first-order valence-electron chi connectivity index (χ1n) is 9.38. The molecule has 0 radical (unpaired) electrons. The molecule has 5 rings (SSSR count). The Morgan fingerprint density at radius 2 is 1.55 bits per heavy atom. The van der Waals surface area contributed by atoms with Crippen LogP contribution in [0.1, 0.15) is 5.56 Å². The molecule has 29 heavy (non-hydrogen) atoms. The fourth-order valence-corrected chi connectivity index (χ4v) is 3.60. The summed E-state index contributed by atoms with van der Waals surface area (Å²) in [6.45, 7) is 0. The Kier molecular flexibility index (Phi) is 4.06. The standard InChI is InChI=1S/C24H18N4O/c1-27-16-18(19-11-6-8-14-22(19)27)15-25-28-23(17-9-3-2-4-10-17)26-21-13-7-5-12-20(21)24(28)29/h2-16H,1H3/b25-15+. The molecule has 0 saturated carbocycles. The van der Waals surface area contributed by atoms with E-state index in [1.54, 1.807) is 12.3 Å². The molecule has 140 valence electrons. The Hall–Kier alpha value is -3.99. The van der Waals surface area contributed by atoms with Gasteiger partial charge in [0.15, 0.2) is 5.82 Å². The third-order valence-corrected chi connectivity index (χ3v) is 5.03. The summed E-state index contributed by atoms with van der Waals surface area (Å²) in [7, 11) is 2.00. The van der Waals surface area contributed by atoms with Crippen LogP contribution in [-0.4, -0.2) is 20.4 Å². The van der Waals surface area contributed by atoms with E-state index in [9.17, 15) is 4.79 Å². The van der Waals surface area contributed by atoms with Crippen molar-refractivity contribution in [3.8, 4) is 11.4 Å². The molecular weight excluding hydrogens is 360 g/mol. The molecule has 0 fully saturated rings. The molecule has 0 amide bonds. The monoisotopic (exact) mass is 378 g/mol. The third-order valence-electron chi connectivity index (χ3n) is 5.03. The Morgan fingerprint density at radius 1 is 0.862 bits per heavy atom. The summed E-state index contributed by atoms with van der Waals surface area (Å²) in [4.78, 5) is 17.9. The van der Waals surface area contributed by atoms with Crippen molar-refractivity contribution in [2.45, 2.75) is 0 Å². The number of hydrogen-bond acceptors (Lipinski definition) is 3. The molecule has 2 aromatic heterocycles. The molecule has 0 saturated heterocycles. The first-order valence-corrected chi connectivity index (χ1v) is 9.38. The smallest absolute Gasteiger partial charge is 0.282 e. The lowest BCUT2D eigenvalue weighted by Crippen LogP contribution is -2.20. The minimum absolute atomic E-state index is 0.189. The van der Waals surface area contributed by atoms with Crippen LogP contribution in [0.4, 0.5) is 0 Å². The van der Waals surface area contributed by atoms with Crippen molar-refractivity contribution in [2.24, 2.45) is 12.1 Å². The maximum Gasteiger partial charge on any atom is 0.282 e. The lowest BCUT2D eigenvalue weighted by molar-refractivity contribution is 0.829. The maximum atomic E-state index is 13.2. The van der Waals surface area contributed by atoms with E-state index >= 15 is 0 Å². The quantitative estimate of drug-likeness (QED) is 0.436. The topological polar surface area (TPSA) is 52.2 Å². The zero-order valence-electron chi connectivity index (χ0n) is 15.9. The second-order valence-electron chi connectivity index (χ2n) is 6.89. The molecule has 2 heterocycles. The van der Waals surface area contributed by atoms with Gasteiger partial charge in [-0.3, -0.25) is 4.79 Å². The van der Waals surface area contributed by atoms with E-state index in [-0.39, 0.29) is 5.56 Å². The lowest BCUT2D eigenvalue weighted by Gasteiger charge is -2.09. The minimum Gasteiger partial charge on any atom is -0.350 e. The molecule has 5 nitrogen and oxygen atoms in total. The first kappa shape index (κ1) is 17.1. The van der Waals surface area contributed by atoms with Gasteiger partial charge in [0.05, 0.1) is 17.1 Å².